The van der Waals surface area contributed by atoms with E-state index in [1.54, 1.807) is 0 Å². The van der Waals surface area contributed by atoms with Gasteiger partial charge in [-0.05, 0) is 19.4 Å². The Morgan fingerprint density at radius 3 is 2.27 bits per heavy atom. The topological polar surface area (TPSA) is 145 Å². The van der Waals surface area contributed by atoms with Gasteiger partial charge in [-0.3, -0.25) is 4.79 Å². The zero-order chi connectivity index (χ0) is 16.5. The SMILES string of the molecule is NCCCCCCCC(=O)N[C@@H]1O[C@H](CO)[C@@H](O)[C@H](O)[C@@H]1O. The lowest BCUT2D eigenvalue weighted by Crippen LogP contribution is -2.63. The summed E-state index contributed by atoms with van der Waals surface area (Å²) in [6.07, 6.45) is -1.52. The molecule has 1 aliphatic heterocycles. The first kappa shape index (κ1) is 19.3. The van der Waals surface area contributed by atoms with Gasteiger partial charge < -0.3 is 36.2 Å². The third-order valence-electron chi connectivity index (χ3n) is 3.80. The van der Waals surface area contributed by atoms with Crippen LogP contribution in [-0.2, 0) is 9.53 Å². The van der Waals surface area contributed by atoms with E-state index in [1.165, 1.54) is 0 Å². The number of hydrogen-bond donors (Lipinski definition) is 6. The van der Waals surface area contributed by atoms with Crippen molar-refractivity contribution in [2.24, 2.45) is 5.73 Å². The van der Waals surface area contributed by atoms with Gasteiger partial charge in [0, 0.05) is 6.42 Å². The van der Waals surface area contributed by atoms with E-state index in [9.17, 15) is 20.1 Å². The molecule has 1 fully saturated rings. The van der Waals surface area contributed by atoms with Crippen LogP contribution in [0.3, 0.4) is 0 Å². The van der Waals surface area contributed by atoms with E-state index in [1.807, 2.05) is 0 Å². The van der Waals surface area contributed by atoms with Crippen molar-refractivity contribution in [1.82, 2.24) is 5.32 Å². The van der Waals surface area contributed by atoms with Crippen LogP contribution in [-0.4, -0.2) is 70.1 Å². The van der Waals surface area contributed by atoms with Gasteiger partial charge in [-0.1, -0.05) is 19.3 Å². The van der Waals surface area contributed by atoms with Crippen molar-refractivity contribution >= 4 is 5.91 Å². The van der Waals surface area contributed by atoms with E-state index in [0.717, 1.165) is 25.7 Å². The summed E-state index contributed by atoms with van der Waals surface area (Å²) in [6.45, 7) is 0.163. The highest BCUT2D eigenvalue weighted by molar-refractivity contribution is 5.76. The number of carbonyl (C=O) groups excluding carboxylic acids is 1. The van der Waals surface area contributed by atoms with Crippen LogP contribution < -0.4 is 11.1 Å². The zero-order valence-electron chi connectivity index (χ0n) is 12.7. The molecule has 7 N–H and O–H groups in total. The molecule has 0 radical (unpaired) electrons. The van der Waals surface area contributed by atoms with Crippen molar-refractivity contribution in [3.63, 3.8) is 0 Å². The zero-order valence-corrected chi connectivity index (χ0v) is 12.7. The fraction of sp³-hybridized carbons (Fsp3) is 0.929. The second-order valence-corrected chi connectivity index (χ2v) is 5.62. The molecule has 0 aliphatic carbocycles. The smallest absolute Gasteiger partial charge is 0.222 e. The third kappa shape index (κ3) is 5.79. The van der Waals surface area contributed by atoms with E-state index < -0.39 is 37.3 Å². The van der Waals surface area contributed by atoms with Crippen molar-refractivity contribution in [3.8, 4) is 0 Å². The number of amides is 1. The highest BCUT2D eigenvalue weighted by Crippen LogP contribution is 2.19. The molecule has 8 heteroatoms. The second-order valence-electron chi connectivity index (χ2n) is 5.62. The van der Waals surface area contributed by atoms with Crippen molar-refractivity contribution in [2.75, 3.05) is 13.2 Å². The number of carbonyl (C=O) groups is 1. The number of ether oxygens (including phenoxy) is 1. The first-order valence-corrected chi connectivity index (χ1v) is 7.81. The predicted octanol–water partition coefficient (Wildman–Crippen LogP) is -1.80. The van der Waals surface area contributed by atoms with Crippen molar-refractivity contribution in [2.45, 2.75) is 69.2 Å². The number of rotatable bonds is 9. The molecule has 5 atom stereocenters. The van der Waals surface area contributed by atoms with Crippen LogP contribution in [0.1, 0.15) is 38.5 Å². The van der Waals surface area contributed by atoms with Crippen LogP contribution in [0.2, 0.25) is 0 Å². The third-order valence-corrected chi connectivity index (χ3v) is 3.80. The van der Waals surface area contributed by atoms with Crippen LogP contribution >= 0.6 is 0 Å². The monoisotopic (exact) mass is 320 g/mol. The van der Waals surface area contributed by atoms with Crippen molar-refractivity contribution < 1.29 is 30.0 Å². The summed E-state index contributed by atoms with van der Waals surface area (Å²) in [5.74, 6) is -0.303. The Balaban J connectivity index is 2.30. The maximum Gasteiger partial charge on any atom is 0.222 e. The summed E-state index contributed by atoms with van der Waals surface area (Å²) in [6, 6.07) is 0. The van der Waals surface area contributed by atoms with Gasteiger partial charge in [0.05, 0.1) is 6.61 Å². The average Bonchev–Trinajstić information content (AvgIpc) is 2.51. The fourth-order valence-electron chi connectivity index (χ4n) is 2.41. The molecule has 1 aliphatic rings. The molecule has 0 aromatic rings. The van der Waals surface area contributed by atoms with Crippen LogP contribution in [0.4, 0.5) is 0 Å². The minimum absolute atomic E-state index is 0.289. The maximum atomic E-state index is 11.8. The molecule has 1 heterocycles. The van der Waals surface area contributed by atoms with Crippen LogP contribution in [0.5, 0.6) is 0 Å². The quantitative estimate of drug-likeness (QED) is 0.275. The van der Waals surface area contributed by atoms with Crippen molar-refractivity contribution in [3.05, 3.63) is 0 Å². The summed E-state index contributed by atoms with van der Waals surface area (Å²) in [5, 5.41) is 40.6. The van der Waals surface area contributed by atoms with Gasteiger partial charge in [0.25, 0.3) is 0 Å². The van der Waals surface area contributed by atoms with Crippen LogP contribution in [0.15, 0.2) is 0 Å². The number of aliphatic hydroxyl groups is 4. The van der Waals surface area contributed by atoms with Gasteiger partial charge in [-0.15, -0.1) is 0 Å². The lowest BCUT2D eigenvalue weighted by molar-refractivity contribution is -0.236. The average molecular weight is 320 g/mol. The minimum Gasteiger partial charge on any atom is -0.394 e. The summed E-state index contributed by atoms with van der Waals surface area (Å²) < 4.78 is 5.20. The van der Waals surface area contributed by atoms with Gasteiger partial charge in [-0.25, -0.2) is 0 Å². The summed E-state index contributed by atoms with van der Waals surface area (Å²) in [7, 11) is 0. The Morgan fingerprint density at radius 1 is 1.00 bits per heavy atom. The minimum atomic E-state index is -1.48. The highest BCUT2D eigenvalue weighted by Gasteiger charge is 2.43. The number of nitrogens with two attached hydrogens (primary N) is 1. The molecule has 1 amide bonds. The lowest BCUT2D eigenvalue weighted by Gasteiger charge is -2.40. The largest absolute Gasteiger partial charge is 0.394 e. The molecule has 0 unspecified atom stereocenters. The second kappa shape index (κ2) is 10.1. The molecule has 130 valence electrons. The van der Waals surface area contributed by atoms with Crippen LogP contribution in [0.25, 0.3) is 0 Å². The van der Waals surface area contributed by atoms with E-state index >= 15 is 0 Å². The Bertz CT molecular complexity index is 328. The molecule has 0 spiro atoms. The molecular formula is C14H28N2O6. The van der Waals surface area contributed by atoms with E-state index in [4.69, 9.17) is 15.6 Å². The Kier molecular flexibility index (Phi) is 8.84. The van der Waals surface area contributed by atoms with Gasteiger partial charge in [0.1, 0.15) is 24.4 Å². The van der Waals surface area contributed by atoms with Gasteiger partial charge in [0.15, 0.2) is 6.23 Å². The molecule has 0 bridgehead atoms. The first-order chi connectivity index (χ1) is 10.5. The number of aliphatic hydroxyl groups excluding tert-OH is 4. The van der Waals surface area contributed by atoms with Crippen molar-refractivity contribution in [1.29, 1.82) is 0 Å². The summed E-state index contributed by atoms with van der Waals surface area (Å²) in [5.41, 5.74) is 5.39. The van der Waals surface area contributed by atoms with Crippen LogP contribution in [0, 0.1) is 0 Å². The van der Waals surface area contributed by atoms with Gasteiger partial charge >= 0.3 is 0 Å². The van der Waals surface area contributed by atoms with Gasteiger partial charge in [-0.2, -0.15) is 0 Å². The first-order valence-electron chi connectivity index (χ1n) is 7.81. The maximum absolute atomic E-state index is 11.8. The van der Waals surface area contributed by atoms with Gasteiger partial charge in [0.2, 0.25) is 5.91 Å². The molecule has 0 aromatic carbocycles. The molecule has 22 heavy (non-hydrogen) atoms. The predicted molar refractivity (Wildman–Crippen MR) is 78.7 cm³/mol. The Hall–Kier alpha value is -0.770. The molecule has 8 nitrogen and oxygen atoms in total. The van der Waals surface area contributed by atoms with E-state index in [2.05, 4.69) is 5.32 Å². The molecule has 0 saturated carbocycles. The normalized spacial score (nSPS) is 32.0. The number of hydrogen-bond acceptors (Lipinski definition) is 7. The Morgan fingerprint density at radius 2 is 1.64 bits per heavy atom. The molecule has 0 aromatic heterocycles. The summed E-state index contributed by atoms with van der Waals surface area (Å²) in [4.78, 5) is 11.8. The fourth-order valence-corrected chi connectivity index (χ4v) is 2.41. The highest BCUT2D eigenvalue weighted by atomic mass is 16.6. The standard InChI is InChI=1S/C14H28N2O6/c15-7-5-3-1-2-4-6-10(18)16-14-13(21)12(20)11(19)9(8-17)22-14/h9,11-14,17,19-21H,1-8,15H2,(H,16,18)/t9-,11-,12+,13+,14-/m1/s1. The summed E-state index contributed by atoms with van der Waals surface area (Å²) >= 11 is 0. The lowest BCUT2D eigenvalue weighted by atomic mass is 9.98. The molecular weight excluding hydrogens is 292 g/mol. The molecule has 1 saturated heterocycles. The molecule has 1 rings (SSSR count). The Labute approximate surface area is 130 Å². The van der Waals surface area contributed by atoms with E-state index in [-0.39, 0.29) is 12.3 Å². The number of nitrogens with one attached hydrogen (secondary N) is 1. The van der Waals surface area contributed by atoms with E-state index in [0.29, 0.717) is 13.0 Å². The number of unbranched alkanes of at least 4 members (excludes halogenated alkanes) is 4.